The normalized spacial score (nSPS) is 28.9. The van der Waals surface area contributed by atoms with Gasteiger partial charge in [-0.15, -0.1) is 0 Å². The molecule has 0 spiro atoms. The van der Waals surface area contributed by atoms with Crippen molar-refractivity contribution in [3.05, 3.63) is 0 Å². The summed E-state index contributed by atoms with van der Waals surface area (Å²) in [5.41, 5.74) is 3.40. The molecular formula is C98H200. The quantitative estimate of drug-likeness (QED) is 0.205. The van der Waals surface area contributed by atoms with E-state index >= 15 is 0 Å². The predicted octanol–water partition coefficient (Wildman–Crippen LogP) is 35.6. The SMILES string of the molecule is CC(C)C(C)(C)C.CC(C)C1CCC1.CC1(C)CCCC1.CC1CCCCC1.CC1CCC[C@H]1C.CC1CC[C@@H](C)C1.CCC(C)C(C)C.CCC1(C)CCC1.CCC1(C)CCC1.CCC1CC(C)C1.CCC1CCCC1.CCC1CC[C@@H]1C.CCCC1CCC1.C[C@H]1CCC1(C)C. The highest BCUT2D eigenvalue weighted by molar-refractivity contribution is 4.85. The zero-order valence-electron chi connectivity index (χ0n) is 75.1. The van der Waals surface area contributed by atoms with E-state index in [1.165, 1.54) is 289 Å². The van der Waals surface area contributed by atoms with Crippen LogP contribution in [0.2, 0.25) is 0 Å². The van der Waals surface area contributed by atoms with Crippen molar-refractivity contribution >= 4 is 0 Å². The van der Waals surface area contributed by atoms with Gasteiger partial charge in [-0.2, -0.15) is 0 Å². The number of rotatable bonds is 10. The molecule has 0 radical (unpaired) electrons. The van der Waals surface area contributed by atoms with E-state index in [2.05, 4.69) is 215 Å². The van der Waals surface area contributed by atoms with Crippen molar-refractivity contribution in [2.45, 2.75) is 504 Å². The van der Waals surface area contributed by atoms with Crippen LogP contribution < -0.4 is 0 Å². The van der Waals surface area contributed by atoms with Crippen LogP contribution >= 0.6 is 0 Å². The average Bonchev–Trinajstić information content (AvgIpc) is 1.13. The van der Waals surface area contributed by atoms with Gasteiger partial charge in [0.15, 0.2) is 0 Å². The van der Waals surface area contributed by atoms with Crippen molar-refractivity contribution in [3.63, 3.8) is 0 Å². The molecule has 12 saturated carbocycles. The average molecular weight is 1380 g/mol. The summed E-state index contributed by atoms with van der Waals surface area (Å²) in [6.07, 6.45) is 66.1. The summed E-state index contributed by atoms with van der Waals surface area (Å²) in [6.45, 7) is 71.8. The highest BCUT2D eigenvalue weighted by Gasteiger charge is 2.34. The van der Waals surface area contributed by atoms with E-state index in [-0.39, 0.29) is 0 Å². The van der Waals surface area contributed by atoms with E-state index < -0.39 is 0 Å². The molecule has 12 rings (SSSR count). The first-order valence-corrected chi connectivity index (χ1v) is 45.8. The standard InChI is InChI=1S/12C7H14.2C7H16/c1-6-4-5-7(6,2)3;1-6-3-4-7(2)5-6;1-7(2)5-3-4-6-7;1-6-4-3-5-7(6)2;1-6(2)7-4-3-5-7;1-7-5-3-2-4-6-7;1-3-7-4-6(2)5-7;2*1-3-7(2)5-4-6-7;1-3-7-5-4-6(7)2;1-2-7-5-3-4-6-7;1-2-4-7-5-3-6-7;1-6(2)7(3,4)5;1-5-7(4)6(2)3/h6H,4-5H2,1-3H3;6-7H,3-5H2,1-2H3;3-6H2,1-2H3;2*6-7H,3-5H2,1-2H3;7H,2-6H2,1H3;6-7H,3-5H2,1-2H3;2*3-6H2,1-2H3;6-7H,3-5H2,1-2H3;2*7H,2-6H2,1H3;6H,1-5H3;6-7H,5H2,1-4H3/t6-;6-,7?;;6-,7?;;;;;;6-,7?;;;;/m01.1.....0..../s1. The maximum atomic E-state index is 2.39. The van der Waals surface area contributed by atoms with E-state index in [4.69, 9.17) is 0 Å². The number of hydrogen-bond donors (Lipinski definition) is 0. The molecule has 0 aromatic carbocycles. The lowest BCUT2D eigenvalue weighted by molar-refractivity contribution is 0.0892. The number of hydrogen-bond acceptors (Lipinski definition) is 0. The molecule has 0 nitrogen and oxygen atoms in total. The first kappa shape index (κ1) is 100. The summed E-state index contributed by atoms with van der Waals surface area (Å²) in [5.74, 6) is 17.2. The molecule has 12 fully saturated rings. The fourth-order valence-electron chi connectivity index (χ4n) is 15.7. The first-order chi connectivity index (χ1) is 45.8. The molecule has 12 aliphatic rings. The Balaban J connectivity index is 0. The Morgan fingerprint density at radius 1 is 0.357 bits per heavy atom. The lowest BCUT2D eigenvalue weighted by Crippen LogP contribution is -2.31. The summed E-state index contributed by atoms with van der Waals surface area (Å²) in [7, 11) is 0. The monoisotopic (exact) mass is 1380 g/mol. The molecule has 0 aliphatic heterocycles. The van der Waals surface area contributed by atoms with Crippen LogP contribution in [0.5, 0.6) is 0 Å². The van der Waals surface area contributed by atoms with Gasteiger partial charge in [0, 0.05) is 0 Å². The van der Waals surface area contributed by atoms with Gasteiger partial charge in [-0.1, -0.05) is 427 Å². The fourth-order valence-corrected chi connectivity index (χ4v) is 15.7. The summed E-state index contributed by atoms with van der Waals surface area (Å²) < 4.78 is 0. The zero-order valence-corrected chi connectivity index (χ0v) is 75.1. The van der Waals surface area contributed by atoms with Crippen LogP contribution in [0.4, 0.5) is 0 Å². The lowest BCUT2D eigenvalue weighted by Gasteiger charge is -2.42. The van der Waals surface area contributed by atoms with Gasteiger partial charge in [-0.05, 0) is 205 Å². The molecule has 8 atom stereocenters. The van der Waals surface area contributed by atoms with Gasteiger partial charge in [0.05, 0.1) is 0 Å². The smallest absolute Gasteiger partial charge is 0.0328 e. The Labute approximate surface area is 627 Å². The molecule has 0 heteroatoms. The van der Waals surface area contributed by atoms with Crippen molar-refractivity contribution in [1.29, 1.82) is 0 Å². The minimum Gasteiger partial charge on any atom is -0.0654 e. The Bertz CT molecular complexity index is 1580. The van der Waals surface area contributed by atoms with Crippen LogP contribution in [0, 0.1) is 128 Å². The highest BCUT2D eigenvalue weighted by Crippen LogP contribution is 2.46. The molecule has 0 aromatic rings. The predicted molar refractivity (Wildman–Crippen MR) is 455 cm³/mol. The van der Waals surface area contributed by atoms with Crippen molar-refractivity contribution in [3.8, 4) is 0 Å². The van der Waals surface area contributed by atoms with Crippen molar-refractivity contribution in [2.75, 3.05) is 0 Å². The van der Waals surface area contributed by atoms with Gasteiger partial charge in [0.2, 0.25) is 0 Å². The second kappa shape index (κ2) is 56.3. The Morgan fingerprint density at radius 2 is 0.776 bits per heavy atom. The molecule has 0 aromatic heterocycles. The minimum absolute atomic E-state index is 0.500. The molecule has 0 bridgehead atoms. The Hall–Kier alpha value is 0. The van der Waals surface area contributed by atoms with Gasteiger partial charge >= 0.3 is 0 Å². The molecule has 0 amide bonds. The van der Waals surface area contributed by atoms with Gasteiger partial charge in [0.1, 0.15) is 0 Å². The molecule has 0 saturated heterocycles. The van der Waals surface area contributed by atoms with E-state index in [0.29, 0.717) is 16.2 Å². The maximum Gasteiger partial charge on any atom is -0.0328 e. The molecule has 98 heavy (non-hydrogen) atoms. The second-order valence-corrected chi connectivity index (χ2v) is 41.3. The van der Waals surface area contributed by atoms with Crippen LogP contribution in [-0.4, -0.2) is 0 Å². The van der Waals surface area contributed by atoms with Crippen molar-refractivity contribution < 1.29 is 0 Å². The third-order valence-corrected chi connectivity index (χ3v) is 29.4. The Morgan fingerprint density at radius 3 is 0.867 bits per heavy atom. The van der Waals surface area contributed by atoms with Crippen molar-refractivity contribution in [2.24, 2.45) is 128 Å². The fraction of sp³-hybridized carbons (Fsp3) is 1.00. The first-order valence-electron chi connectivity index (χ1n) is 45.8. The summed E-state index contributed by atoms with van der Waals surface area (Å²) in [4.78, 5) is 0. The molecule has 4 unspecified atom stereocenters. The zero-order chi connectivity index (χ0) is 75.1. The van der Waals surface area contributed by atoms with Gasteiger partial charge < -0.3 is 0 Å². The lowest BCUT2D eigenvalue weighted by atomic mass is 9.64. The third-order valence-electron chi connectivity index (χ3n) is 29.4. The van der Waals surface area contributed by atoms with E-state index in [1.54, 1.807) is 0 Å². The van der Waals surface area contributed by atoms with Crippen LogP contribution in [0.3, 0.4) is 0 Å². The van der Waals surface area contributed by atoms with Crippen LogP contribution in [0.15, 0.2) is 0 Å². The largest absolute Gasteiger partial charge is 0.0654 e. The van der Waals surface area contributed by atoms with Gasteiger partial charge in [0.25, 0.3) is 0 Å². The molecule has 592 valence electrons. The maximum absolute atomic E-state index is 2.39. The molecular weight excluding hydrogens is 1180 g/mol. The molecule has 0 heterocycles. The summed E-state index contributed by atoms with van der Waals surface area (Å²) in [5, 5.41) is 0. The van der Waals surface area contributed by atoms with E-state index in [0.717, 1.165) is 111 Å². The topological polar surface area (TPSA) is 0 Å². The van der Waals surface area contributed by atoms with Gasteiger partial charge in [-0.25, -0.2) is 0 Å². The van der Waals surface area contributed by atoms with Crippen molar-refractivity contribution in [1.82, 2.24) is 0 Å². The molecule has 12 aliphatic carbocycles. The summed E-state index contributed by atoms with van der Waals surface area (Å²) in [6, 6.07) is 0. The van der Waals surface area contributed by atoms with E-state index in [9.17, 15) is 0 Å². The van der Waals surface area contributed by atoms with Crippen LogP contribution in [0.25, 0.3) is 0 Å². The summed E-state index contributed by atoms with van der Waals surface area (Å²) >= 11 is 0. The van der Waals surface area contributed by atoms with Gasteiger partial charge in [-0.3, -0.25) is 0 Å². The second-order valence-electron chi connectivity index (χ2n) is 41.3. The molecule has 0 N–H and O–H groups in total. The Kier molecular flexibility index (Phi) is 57.5. The van der Waals surface area contributed by atoms with Crippen LogP contribution in [0.1, 0.15) is 504 Å². The highest BCUT2D eigenvalue weighted by atomic mass is 14.4. The third kappa shape index (κ3) is 50.5. The minimum atomic E-state index is 0.500. The van der Waals surface area contributed by atoms with E-state index in [1.807, 2.05) is 0 Å². The van der Waals surface area contributed by atoms with Crippen LogP contribution in [-0.2, 0) is 0 Å².